The third-order valence-electron chi connectivity index (χ3n) is 4.37. The van der Waals surface area contributed by atoms with Crippen LogP contribution >= 0.6 is 0 Å². The van der Waals surface area contributed by atoms with E-state index in [0.717, 1.165) is 37.3 Å². The molecule has 1 aliphatic rings. The number of pyridine rings is 1. The lowest BCUT2D eigenvalue weighted by molar-refractivity contribution is -0.0401. The van der Waals surface area contributed by atoms with Crippen molar-refractivity contribution >= 4 is 10.9 Å². The Balaban J connectivity index is 1.50. The van der Waals surface area contributed by atoms with Gasteiger partial charge in [0.2, 0.25) is 0 Å². The first kappa shape index (κ1) is 15.2. The van der Waals surface area contributed by atoms with Gasteiger partial charge in [0.05, 0.1) is 24.8 Å². The van der Waals surface area contributed by atoms with Crippen molar-refractivity contribution in [3.63, 3.8) is 0 Å². The molecule has 5 nitrogen and oxygen atoms in total. The number of nitrogens with zero attached hydrogens (tertiary/aromatic N) is 4. The fourth-order valence-corrected chi connectivity index (χ4v) is 3.22. The van der Waals surface area contributed by atoms with Crippen LogP contribution in [0.15, 0.2) is 48.9 Å². The molecule has 2 aromatic heterocycles. The Morgan fingerprint density at radius 1 is 1.21 bits per heavy atom. The molecule has 0 saturated carbocycles. The molecule has 4 rings (SSSR count). The highest BCUT2D eigenvalue weighted by Crippen LogP contribution is 2.22. The monoisotopic (exact) mass is 326 g/mol. The minimum Gasteiger partial charge on any atom is -0.374 e. The lowest BCUT2D eigenvalue weighted by Gasteiger charge is -2.33. The summed E-state index contributed by atoms with van der Waals surface area (Å²) in [6.45, 7) is 3.87. The van der Waals surface area contributed by atoms with Crippen LogP contribution in [0.25, 0.3) is 10.9 Å². The maximum atomic E-state index is 13.9. The van der Waals surface area contributed by atoms with Gasteiger partial charge < -0.3 is 4.74 Å². The first-order valence-corrected chi connectivity index (χ1v) is 8.13. The molecule has 6 heteroatoms. The van der Waals surface area contributed by atoms with Crippen LogP contribution in [-0.2, 0) is 17.8 Å². The fraction of sp³-hybridized carbons (Fsp3) is 0.333. The average Bonchev–Trinajstić information content (AvgIpc) is 3.11. The van der Waals surface area contributed by atoms with Gasteiger partial charge in [-0.1, -0.05) is 6.07 Å². The van der Waals surface area contributed by atoms with Crippen molar-refractivity contribution in [1.82, 2.24) is 19.7 Å². The number of rotatable bonds is 4. The summed E-state index contributed by atoms with van der Waals surface area (Å²) >= 11 is 0. The number of aromatic nitrogens is 3. The lowest BCUT2D eigenvalue weighted by Crippen LogP contribution is -2.43. The maximum Gasteiger partial charge on any atom is 0.132 e. The number of hydrogen-bond donors (Lipinski definition) is 0. The number of hydrogen-bond acceptors (Lipinski definition) is 4. The van der Waals surface area contributed by atoms with Crippen molar-refractivity contribution in [2.24, 2.45) is 0 Å². The second-order valence-corrected chi connectivity index (χ2v) is 6.06. The first-order valence-electron chi connectivity index (χ1n) is 8.13. The van der Waals surface area contributed by atoms with E-state index in [1.165, 1.54) is 6.07 Å². The summed E-state index contributed by atoms with van der Waals surface area (Å²) in [7, 11) is 0. The predicted octanol–water partition coefficient (Wildman–Crippen LogP) is 2.47. The van der Waals surface area contributed by atoms with E-state index in [-0.39, 0.29) is 11.9 Å². The molecule has 0 N–H and O–H groups in total. The number of halogens is 1. The van der Waals surface area contributed by atoms with Crippen LogP contribution in [0.5, 0.6) is 0 Å². The summed E-state index contributed by atoms with van der Waals surface area (Å²) in [5.74, 6) is -0.222. The van der Waals surface area contributed by atoms with Gasteiger partial charge >= 0.3 is 0 Å². The number of fused-ring (bicyclic) bond motifs is 1. The molecular formula is C18H19FN4O. The summed E-state index contributed by atoms with van der Waals surface area (Å²) in [6.07, 6.45) is 5.54. The molecule has 0 aliphatic carbocycles. The predicted molar refractivity (Wildman–Crippen MR) is 88.9 cm³/mol. The zero-order valence-electron chi connectivity index (χ0n) is 13.3. The van der Waals surface area contributed by atoms with E-state index in [0.29, 0.717) is 12.0 Å². The smallest absolute Gasteiger partial charge is 0.132 e. The molecule has 124 valence electrons. The van der Waals surface area contributed by atoms with Gasteiger partial charge in [0.1, 0.15) is 5.82 Å². The standard InChI is InChI=1S/C18H19FN4O/c19-17-5-4-14(18-16(17)3-1-6-20-18)11-22-9-10-24-15(12-22)13-23-8-2-7-21-23/h1-8,15H,9-13H2. The molecule has 0 spiro atoms. The van der Waals surface area contributed by atoms with E-state index < -0.39 is 0 Å². The Kier molecular flexibility index (Phi) is 4.23. The highest BCUT2D eigenvalue weighted by molar-refractivity contribution is 5.82. The molecule has 1 fully saturated rings. The molecule has 1 atom stereocenters. The van der Waals surface area contributed by atoms with Gasteiger partial charge in [-0.2, -0.15) is 5.10 Å². The second kappa shape index (κ2) is 6.67. The summed E-state index contributed by atoms with van der Waals surface area (Å²) in [4.78, 5) is 6.71. The Morgan fingerprint density at radius 3 is 3.04 bits per heavy atom. The van der Waals surface area contributed by atoms with E-state index >= 15 is 0 Å². The molecular weight excluding hydrogens is 307 g/mol. The second-order valence-electron chi connectivity index (χ2n) is 6.06. The van der Waals surface area contributed by atoms with Crippen molar-refractivity contribution in [3.05, 3.63) is 60.3 Å². The average molecular weight is 326 g/mol. The molecule has 0 amide bonds. The first-order chi connectivity index (χ1) is 11.8. The number of benzene rings is 1. The van der Waals surface area contributed by atoms with Crippen LogP contribution in [0.2, 0.25) is 0 Å². The highest BCUT2D eigenvalue weighted by Gasteiger charge is 2.22. The third kappa shape index (κ3) is 3.16. The van der Waals surface area contributed by atoms with Gasteiger partial charge in [0.15, 0.2) is 0 Å². The molecule has 1 aliphatic heterocycles. The Hall–Kier alpha value is -2.31. The molecule has 1 aromatic carbocycles. The van der Waals surface area contributed by atoms with Crippen molar-refractivity contribution in [3.8, 4) is 0 Å². The van der Waals surface area contributed by atoms with Gasteiger partial charge in [-0.15, -0.1) is 0 Å². The normalized spacial score (nSPS) is 19.0. The highest BCUT2D eigenvalue weighted by atomic mass is 19.1. The SMILES string of the molecule is Fc1ccc(CN2CCOC(Cn3cccn3)C2)c2ncccc12. The zero-order valence-corrected chi connectivity index (χ0v) is 13.3. The van der Waals surface area contributed by atoms with E-state index in [2.05, 4.69) is 15.0 Å². The number of morpholine rings is 1. The van der Waals surface area contributed by atoms with Crippen molar-refractivity contribution in [2.75, 3.05) is 19.7 Å². The Labute approximate surface area is 139 Å². The molecule has 24 heavy (non-hydrogen) atoms. The van der Waals surface area contributed by atoms with Crippen molar-refractivity contribution < 1.29 is 9.13 Å². The van der Waals surface area contributed by atoms with E-state index in [1.807, 2.05) is 23.0 Å². The van der Waals surface area contributed by atoms with Gasteiger partial charge in [-0.3, -0.25) is 14.6 Å². The fourth-order valence-electron chi connectivity index (χ4n) is 3.22. The van der Waals surface area contributed by atoms with Crippen LogP contribution in [0.4, 0.5) is 4.39 Å². The summed E-state index contributed by atoms with van der Waals surface area (Å²) in [5, 5.41) is 4.82. The molecule has 3 aromatic rings. The minimum absolute atomic E-state index is 0.110. The van der Waals surface area contributed by atoms with Crippen molar-refractivity contribution in [1.29, 1.82) is 0 Å². The molecule has 1 unspecified atom stereocenters. The van der Waals surface area contributed by atoms with Crippen LogP contribution in [0.3, 0.4) is 0 Å². The van der Waals surface area contributed by atoms with Crippen LogP contribution < -0.4 is 0 Å². The summed E-state index contributed by atoms with van der Waals surface area (Å²) in [5.41, 5.74) is 1.79. The van der Waals surface area contributed by atoms with Gasteiger partial charge in [0, 0.05) is 43.6 Å². The molecule has 1 saturated heterocycles. The molecule has 0 radical (unpaired) electrons. The zero-order chi connectivity index (χ0) is 16.4. The third-order valence-corrected chi connectivity index (χ3v) is 4.37. The van der Waals surface area contributed by atoms with Crippen LogP contribution in [0, 0.1) is 5.82 Å². The Bertz CT molecular complexity index is 821. The largest absolute Gasteiger partial charge is 0.374 e. The van der Waals surface area contributed by atoms with Crippen LogP contribution in [0.1, 0.15) is 5.56 Å². The maximum absolute atomic E-state index is 13.9. The van der Waals surface area contributed by atoms with Crippen LogP contribution in [-0.4, -0.2) is 45.5 Å². The van der Waals surface area contributed by atoms with E-state index in [1.54, 1.807) is 24.5 Å². The quantitative estimate of drug-likeness (QED) is 0.739. The van der Waals surface area contributed by atoms with Gasteiger partial charge in [0.25, 0.3) is 0 Å². The topological polar surface area (TPSA) is 43.2 Å². The van der Waals surface area contributed by atoms with E-state index in [4.69, 9.17) is 4.74 Å². The summed E-state index contributed by atoms with van der Waals surface area (Å²) < 4.78 is 21.7. The Morgan fingerprint density at radius 2 is 2.17 bits per heavy atom. The van der Waals surface area contributed by atoms with E-state index in [9.17, 15) is 4.39 Å². The molecule has 0 bridgehead atoms. The number of ether oxygens (including phenoxy) is 1. The van der Waals surface area contributed by atoms with Gasteiger partial charge in [-0.25, -0.2) is 4.39 Å². The summed E-state index contributed by atoms with van der Waals surface area (Å²) in [6, 6.07) is 8.83. The lowest BCUT2D eigenvalue weighted by atomic mass is 10.1. The van der Waals surface area contributed by atoms with Gasteiger partial charge in [-0.05, 0) is 29.8 Å². The molecule has 3 heterocycles. The van der Waals surface area contributed by atoms with Crippen molar-refractivity contribution in [2.45, 2.75) is 19.2 Å². The minimum atomic E-state index is -0.222.